The summed E-state index contributed by atoms with van der Waals surface area (Å²) in [5.74, 6) is -1.08. The molecule has 2 heterocycles. The number of benzene rings is 1. The fourth-order valence-corrected chi connectivity index (χ4v) is 4.09. The molecular weight excluding hydrogens is 390 g/mol. The molecule has 0 aliphatic carbocycles. The van der Waals surface area contributed by atoms with Crippen molar-refractivity contribution in [3.05, 3.63) is 39.8 Å². The number of anilines is 3. The van der Waals surface area contributed by atoms with Crippen LogP contribution in [0.15, 0.2) is 18.2 Å². The average molecular weight is 416 g/mol. The van der Waals surface area contributed by atoms with E-state index in [1.54, 1.807) is 13.0 Å². The fourth-order valence-electron chi connectivity index (χ4n) is 3.09. The maximum absolute atomic E-state index is 12.6. The van der Waals surface area contributed by atoms with Gasteiger partial charge in [-0.3, -0.25) is 9.59 Å². The number of hydrogen-bond donors (Lipinski definition) is 3. The van der Waals surface area contributed by atoms with Crippen LogP contribution in [-0.4, -0.2) is 30.4 Å². The molecule has 0 spiro atoms. The number of esters is 1. The molecule has 0 radical (unpaired) electrons. The number of amides is 2. The Labute approximate surface area is 173 Å². The van der Waals surface area contributed by atoms with Gasteiger partial charge in [-0.1, -0.05) is 6.92 Å². The SMILES string of the molecule is CCOC(=O)c1cc(CC)sc1NC(=O)CC1Nc2cc(C)c(C)cc2NC1=O. The Bertz CT molecular complexity index is 967. The number of carbonyl (C=O) groups excluding carboxylic acids is 3. The Kier molecular flexibility index (Phi) is 6.22. The van der Waals surface area contributed by atoms with Gasteiger partial charge < -0.3 is 20.7 Å². The molecule has 1 unspecified atom stereocenters. The van der Waals surface area contributed by atoms with Crippen LogP contribution in [0.25, 0.3) is 0 Å². The third kappa shape index (κ3) is 4.59. The van der Waals surface area contributed by atoms with Crippen LogP contribution in [-0.2, 0) is 20.7 Å². The summed E-state index contributed by atoms with van der Waals surface area (Å²) in [4.78, 5) is 38.2. The smallest absolute Gasteiger partial charge is 0.341 e. The minimum atomic E-state index is -0.693. The Balaban J connectivity index is 1.72. The van der Waals surface area contributed by atoms with Crippen LogP contribution in [0.2, 0.25) is 0 Å². The normalized spacial score (nSPS) is 15.2. The highest BCUT2D eigenvalue weighted by atomic mass is 32.1. The summed E-state index contributed by atoms with van der Waals surface area (Å²) in [7, 11) is 0. The molecule has 1 aliphatic heterocycles. The molecule has 1 atom stereocenters. The van der Waals surface area contributed by atoms with Gasteiger partial charge in [0.05, 0.1) is 30.0 Å². The number of carbonyl (C=O) groups is 3. The van der Waals surface area contributed by atoms with Crippen LogP contribution in [0.5, 0.6) is 0 Å². The third-order valence-electron chi connectivity index (χ3n) is 4.81. The van der Waals surface area contributed by atoms with E-state index in [1.807, 2.05) is 32.9 Å². The van der Waals surface area contributed by atoms with Crippen molar-refractivity contribution in [2.24, 2.45) is 0 Å². The third-order valence-corrected chi connectivity index (χ3v) is 6.00. The highest BCUT2D eigenvalue weighted by Crippen LogP contribution is 2.32. The molecule has 0 saturated heterocycles. The topological polar surface area (TPSA) is 96.5 Å². The van der Waals surface area contributed by atoms with Crippen LogP contribution >= 0.6 is 11.3 Å². The van der Waals surface area contributed by atoms with Gasteiger partial charge in [-0.25, -0.2) is 4.79 Å². The van der Waals surface area contributed by atoms with Crippen molar-refractivity contribution in [2.75, 3.05) is 22.6 Å². The summed E-state index contributed by atoms with van der Waals surface area (Å²) < 4.78 is 5.07. The van der Waals surface area contributed by atoms with Gasteiger partial charge in [0.2, 0.25) is 11.8 Å². The van der Waals surface area contributed by atoms with Crippen LogP contribution in [0.1, 0.15) is 46.6 Å². The number of rotatable bonds is 6. The Morgan fingerprint density at radius 1 is 1.14 bits per heavy atom. The van der Waals surface area contributed by atoms with Crippen LogP contribution in [0.4, 0.5) is 16.4 Å². The van der Waals surface area contributed by atoms with Gasteiger partial charge in [0.15, 0.2) is 0 Å². The van der Waals surface area contributed by atoms with Crippen molar-refractivity contribution >= 4 is 45.5 Å². The van der Waals surface area contributed by atoms with E-state index in [9.17, 15) is 14.4 Å². The standard InChI is InChI=1S/C21H25N3O4S/c1-5-13-9-14(21(27)28-6-2)20(29-13)24-18(25)10-17-19(26)23-16-8-12(4)11(3)7-15(16)22-17/h7-9,17,22H,5-6,10H2,1-4H3,(H,23,26)(H,24,25). The van der Waals surface area contributed by atoms with Gasteiger partial charge >= 0.3 is 5.97 Å². The molecule has 7 nitrogen and oxygen atoms in total. The number of fused-ring (bicyclic) bond motifs is 1. The van der Waals surface area contributed by atoms with Gasteiger partial charge in [0, 0.05) is 4.88 Å². The minimum Gasteiger partial charge on any atom is -0.462 e. The van der Waals surface area contributed by atoms with E-state index < -0.39 is 12.0 Å². The number of nitrogens with one attached hydrogen (secondary N) is 3. The summed E-state index contributed by atoms with van der Waals surface area (Å²) in [5.41, 5.74) is 4.03. The highest BCUT2D eigenvalue weighted by molar-refractivity contribution is 7.16. The average Bonchev–Trinajstić information content (AvgIpc) is 3.07. The first-order chi connectivity index (χ1) is 13.8. The maximum atomic E-state index is 12.6. The fraction of sp³-hybridized carbons (Fsp3) is 0.381. The molecule has 1 aromatic carbocycles. The predicted octanol–water partition coefficient (Wildman–Crippen LogP) is 3.87. The molecule has 1 aliphatic rings. The number of ether oxygens (including phenoxy) is 1. The Morgan fingerprint density at radius 3 is 2.48 bits per heavy atom. The number of hydrogen-bond acceptors (Lipinski definition) is 6. The molecule has 29 heavy (non-hydrogen) atoms. The Hall–Kier alpha value is -2.87. The van der Waals surface area contributed by atoms with Gasteiger partial charge in [0.25, 0.3) is 0 Å². The van der Waals surface area contributed by atoms with E-state index in [-0.39, 0.29) is 24.8 Å². The molecule has 2 aromatic rings. The molecular formula is C21H25N3O4S. The second-order valence-electron chi connectivity index (χ2n) is 6.95. The van der Waals surface area contributed by atoms with E-state index in [0.717, 1.165) is 28.1 Å². The van der Waals surface area contributed by atoms with E-state index >= 15 is 0 Å². The first kappa shape index (κ1) is 20.9. The van der Waals surface area contributed by atoms with Crippen LogP contribution in [0.3, 0.4) is 0 Å². The van der Waals surface area contributed by atoms with Crippen molar-refractivity contribution in [2.45, 2.75) is 46.6 Å². The lowest BCUT2D eigenvalue weighted by molar-refractivity contribution is -0.122. The second kappa shape index (κ2) is 8.65. The highest BCUT2D eigenvalue weighted by Gasteiger charge is 2.29. The van der Waals surface area contributed by atoms with E-state index in [0.29, 0.717) is 16.3 Å². The summed E-state index contributed by atoms with van der Waals surface area (Å²) >= 11 is 1.34. The summed E-state index contributed by atoms with van der Waals surface area (Å²) in [5, 5.41) is 9.23. The van der Waals surface area contributed by atoms with Gasteiger partial charge in [0.1, 0.15) is 11.0 Å². The van der Waals surface area contributed by atoms with Gasteiger partial charge in [-0.15, -0.1) is 11.3 Å². The van der Waals surface area contributed by atoms with Crippen molar-refractivity contribution in [1.82, 2.24) is 0 Å². The zero-order valence-corrected chi connectivity index (χ0v) is 17.8. The predicted molar refractivity (Wildman–Crippen MR) is 115 cm³/mol. The molecule has 154 valence electrons. The monoisotopic (exact) mass is 415 g/mol. The van der Waals surface area contributed by atoms with Crippen molar-refractivity contribution in [3.8, 4) is 0 Å². The molecule has 0 bridgehead atoms. The minimum absolute atomic E-state index is 0.0557. The van der Waals surface area contributed by atoms with Crippen molar-refractivity contribution in [1.29, 1.82) is 0 Å². The Morgan fingerprint density at radius 2 is 1.83 bits per heavy atom. The van der Waals surface area contributed by atoms with Crippen LogP contribution in [0, 0.1) is 13.8 Å². The summed E-state index contributed by atoms with van der Waals surface area (Å²) in [6.45, 7) is 7.94. The number of aryl methyl sites for hydroxylation is 3. The zero-order chi connectivity index (χ0) is 21.1. The molecule has 8 heteroatoms. The van der Waals surface area contributed by atoms with Gasteiger partial charge in [-0.05, 0) is 56.5 Å². The lowest BCUT2D eigenvalue weighted by Gasteiger charge is -2.27. The molecule has 3 rings (SSSR count). The zero-order valence-electron chi connectivity index (χ0n) is 17.0. The molecule has 0 saturated carbocycles. The number of thiophene rings is 1. The molecule has 1 aromatic heterocycles. The lowest BCUT2D eigenvalue weighted by atomic mass is 10.0. The lowest BCUT2D eigenvalue weighted by Crippen LogP contribution is -2.41. The summed E-state index contributed by atoms with van der Waals surface area (Å²) in [6, 6.07) is 4.92. The molecule has 2 amide bonds. The first-order valence-corrected chi connectivity index (χ1v) is 10.4. The van der Waals surface area contributed by atoms with Gasteiger partial charge in [-0.2, -0.15) is 0 Å². The van der Waals surface area contributed by atoms with Crippen molar-refractivity contribution < 1.29 is 19.1 Å². The summed E-state index contributed by atoms with van der Waals surface area (Å²) in [6.07, 6.45) is 0.689. The molecule has 3 N–H and O–H groups in total. The second-order valence-corrected chi connectivity index (χ2v) is 8.09. The maximum Gasteiger partial charge on any atom is 0.341 e. The van der Waals surface area contributed by atoms with Crippen LogP contribution < -0.4 is 16.0 Å². The largest absolute Gasteiger partial charge is 0.462 e. The molecule has 0 fully saturated rings. The quantitative estimate of drug-likeness (QED) is 0.623. The van der Waals surface area contributed by atoms with Crippen molar-refractivity contribution in [3.63, 3.8) is 0 Å². The van der Waals surface area contributed by atoms with E-state index in [2.05, 4.69) is 16.0 Å². The first-order valence-electron chi connectivity index (χ1n) is 9.60. The van der Waals surface area contributed by atoms with E-state index in [4.69, 9.17) is 4.74 Å². The van der Waals surface area contributed by atoms with E-state index in [1.165, 1.54) is 11.3 Å².